The molecule has 1 aliphatic carbocycles. The van der Waals surface area contributed by atoms with Gasteiger partial charge in [0, 0.05) is 6.54 Å². The molecule has 10 heteroatoms. The van der Waals surface area contributed by atoms with Crippen LogP contribution in [0.4, 0.5) is 10.2 Å². The van der Waals surface area contributed by atoms with Crippen molar-refractivity contribution in [2.24, 2.45) is 11.8 Å². The van der Waals surface area contributed by atoms with Crippen LogP contribution in [-0.4, -0.2) is 57.6 Å². The van der Waals surface area contributed by atoms with E-state index in [4.69, 9.17) is 0 Å². The van der Waals surface area contributed by atoms with Gasteiger partial charge in [0.2, 0.25) is 18.2 Å². The monoisotopic (exact) mass is 407 g/mol. The Morgan fingerprint density at radius 1 is 1.38 bits per heavy atom. The lowest BCUT2D eigenvalue weighted by Gasteiger charge is -2.29. The Balaban J connectivity index is 1.68. The summed E-state index contributed by atoms with van der Waals surface area (Å²) in [6.07, 6.45) is 6.49. The molecule has 9 nitrogen and oxygen atoms in total. The van der Waals surface area contributed by atoms with Crippen LogP contribution < -0.4 is 10.7 Å². The third-order valence-electron chi connectivity index (χ3n) is 5.50. The van der Waals surface area contributed by atoms with Gasteiger partial charge in [-0.3, -0.25) is 24.6 Å². The minimum absolute atomic E-state index is 0.120. The molecule has 1 saturated carbocycles. The minimum atomic E-state index is -0.760. The normalized spacial score (nSPS) is 20.5. The van der Waals surface area contributed by atoms with Gasteiger partial charge in [-0.15, -0.1) is 0 Å². The number of hydroxylamine groups is 2. The van der Waals surface area contributed by atoms with E-state index in [2.05, 4.69) is 15.7 Å². The molecule has 0 spiro atoms. The van der Waals surface area contributed by atoms with Crippen LogP contribution in [0.5, 0.6) is 0 Å². The lowest BCUT2D eigenvalue weighted by molar-refractivity contribution is -0.159. The number of carbonyl (C=O) groups excluding carboxylic acids is 3. The van der Waals surface area contributed by atoms with Crippen LogP contribution in [0.2, 0.25) is 0 Å². The van der Waals surface area contributed by atoms with E-state index in [1.54, 1.807) is 0 Å². The zero-order valence-corrected chi connectivity index (χ0v) is 16.1. The van der Waals surface area contributed by atoms with Crippen LogP contribution >= 0.6 is 0 Å². The summed E-state index contributed by atoms with van der Waals surface area (Å²) in [6, 6.07) is 1.77. The van der Waals surface area contributed by atoms with Gasteiger partial charge in [-0.1, -0.05) is 25.7 Å². The van der Waals surface area contributed by atoms with Crippen molar-refractivity contribution >= 4 is 24.0 Å². The number of anilines is 1. The number of hydrazine groups is 1. The van der Waals surface area contributed by atoms with E-state index in [1.807, 2.05) is 0 Å². The second-order valence-electron chi connectivity index (χ2n) is 7.58. The van der Waals surface area contributed by atoms with Gasteiger partial charge in [0.25, 0.3) is 0 Å². The Bertz CT molecular complexity index is 726. The molecule has 3 amide bonds. The summed E-state index contributed by atoms with van der Waals surface area (Å²) in [7, 11) is 0. The van der Waals surface area contributed by atoms with Gasteiger partial charge >= 0.3 is 0 Å². The molecule has 1 aromatic heterocycles. The maximum absolute atomic E-state index is 13.2. The van der Waals surface area contributed by atoms with Gasteiger partial charge in [0.05, 0.1) is 18.7 Å². The number of nitrogens with one attached hydrogen (secondary N) is 2. The third-order valence-corrected chi connectivity index (χ3v) is 5.50. The molecule has 0 radical (unpaired) electrons. The first-order chi connectivity index (χ1) is 14.0. The molecular weight excluding hydrogens is 381 g/mol. The van der Waals surface area contributed by atoms with E-state index in [-0.39, 0.29) is 24.7 Å². The number of hydrogen-bond acceptors (Lipinski definition) is 6. The van der Waals surface area contributed by atoms with E-state index in [0.717, 1.165) is 31.9 Å². The number of halogens is 1. The van der Waals surface area contributed by atoms with E-state index in [1.165, 1.54) is 17.1 Å². The fraction of sp³-hybridized carbons (Fsp3) is 0.579. The van der Waals surface area contributed by atoms with Gasteiger partial charge in [0.15, 0.2) is 0 Å². The maximum Gasteiger partial charge on any atom is 0.250 e. The third kappa shape index (κ3) is 5.48. The lowest BCUT2D eigenvalue weighted by Crippen LogP contribution is -2.51. The molecule has 1 saturated heterocycles. The summed E-state index contributed by atoms with van der Waals surface area (Å²) >= 11 is 0. The second kappa shape index (κ2) is 9.75. The Morgan fingerprint density at radius 3 is 2.79 bits per heavy atom. The van der Waals surface area contributed by atoms with Crippen molar-refractivity contribution in [2.75, 3.05) is 18.4 Å². The summed E-state index contributed by atoms with van der Waals surface area (Å²) in [5.41, 5.74) is 2.93. The van der Waals surface area contributed by atoms with E-state index in [0.29, 0.717) is 30.4 Å². The van der Waals surface area contributed by atoms with Crippen LogP contribution in [0, 0.1) is 17.7 Å². The smallest absolute Gasteiger partial charge is 0.250 e. The molecule has 1 aromatic rings. The first kappa shape index (κ1) is 21.1. The predicted octanol–water partition coefficient (Wildman–Crippen LogP) is 1.31. The Kier molecular flexibility index (Phi) is 7.10. The minimum Gasteiger partial charge on any atom is -0.309 e. The first-order valence-corrected chi connectivity index (χ1v) is 9.87. The van der Waals surface area contributed by atoms with Crippen LogP contribution in [0.3, 0.4) is 0 Å². The summed E-state index contributed by atoms with van der Waals surface area (Å²) in [5, 5.41) is 14.0. The van der Waals surface area contributed by atoms with Crippen LogP contribution in [-0.2, 0) is 14.4 Å². The van der Waals surface area contributed by atoms with Crippen LogP contribution in [0.15, 0.2) is 18.3 Å². The molecule has 2 fully saturated rings. The van der Waals surface area contributed by atoms with Crippen molar-refractivity contribution in [3.8, 4) is 0 Å². The van der Waals surface area contributed by atoms with E-state index >= 15 is 0 Å². The standard InChI is InChI=1S/C19H26FN5O4/c20-15-5-6-17(21-10-15)23-18(27)16-7-8-22-25(16)19(28)14(11-24(29)12-26)9-13-3-1-2-4-13/h5-6,10,12-14,16,22,29H,1-4,7-9,11H2,(H,21,23,27). The van der Waals surface area contributed by atoms with Crippen molar-refractivity contribution in [2.45, 2.75) is 44.6 Å². The number of rotatable bonds is 8. The van der Waals surface area contributed by atoms with Crippen LogP contribution in [0.1, 0.15) is 38.5 Å². The molecule has 2 unspecified atom stereocenters. The average molecular weight is 407 g/mol. The van der Waals surface area contributed by atoms with Crippen molar-refractivity contribution in [3.63, 3.8) is 0 Å². The molecule has 2 heterocycles. The lowest BCUT2D eigenvalue weighted by atomic mass is 9.92. The number of carbonyl (C=O) groups is 3. The fourth-order valence-electron chi connectivity index (χ4n) is 4.07. The summed E-state index contributed by atoms with van der Waals surface area (Å²) < 4.78 is 13.0. The largest absolute Gasteiger partial charge is 0.309 e. The number of amides is 3. The molecule has 3 N–H and O–H groups in total. The highest BCUT2D eigenvalue weighted by molar-refractivity contribution is 5.97. The number of aromatic nitrogens is 1. The van der Waals surface area contributed by atoms with Gasteiger partial charge in [-0.25, -0.2) is 19.9 Å². The first-order valence-electron chi connectivity index (χ1n) is 9.87. The SMILES string of the molecule is O=CN(O)CC(CC1CCCC1)C(=O)N1NCCC1C(=O)Nc1ccc(F)cn1. The molecule has 2 aliphatic rings. The number of hydrogen-bond donors (Lipinski definition) is 3. The Hall–Kier alpha value is -2.59. The molecule has 29 heavy (non-hydrogen) atoms. The van der Waals surface area contributed by atoms with Gasteiger partial charge in [0.1, 0.15) is 17.7 Å². The molecule has 1 aliphatic heterocycles. The van der Waals surface area contributed by atoms with Gasteiger partial charge in [-0.05, 0) is 30.9 Å². The fourth-order valence-corrected chi connectivity index (χ4v) is 4.07. The Labute approximate surface area is 168 Å². The van der Waals surface area contributed by atoms with E-state index < -0.39 is 23.7 Å². The van der Waals surface area contributed by atoms with E-state index in [9.17, 15) is 24.0 Å². The Morgan fingerprint density at radius 2 is 2.14 bits per heavy atom. The number of nitrogens with zero attached hydrogens (tertiary/aromatic N) is 3. The summed E-state index contributed by atoms with van der Waals surface area (Å²) in [6.45, 7) is 0.318. The van der Waals surface area contributed by atoms with Gasteiger partial charge in [-0.2, -0.15) is 0 Å². The second-order valence-corrected chi connectivity index (χ2v) is 7.58. The molecule has 158 valence electrons. The van der Waals surface area contributed by atoms with Crippen LogP contribution in [0.25, 0.3) is 0 Å². The van der Waals surface area contributed by atoms with Crippen molar-refractivity contribution in [1.29, 1.82) is 0 Å². The highest BCUT2D eigenvalue weighted by Gasteiger charge is 2.39. The molecular formula is C19H26FN5O4. The van der Waals surface area contributed by atoms with Crippen molar-refractivity contribution < 1.29 is 24.0 Å². The summed E-state index contributed by atoms with van der Waals surface area (Å²) in [4.78, 5) is 40.5. The zero-order valence-electron chi connectivity index (χ0n) is 16.1. The average Bonchev–Trinajstić information content (AvgIpc) is 3.40. The maximum atomic E-state index is 13.2. The summed E-state index contributed by atoms with van der Waals surface area (Å²) in [5.74, 6) is -1.33. The highest BCUT2D eigenvalue weighted by Crippen LogP contribution is 2.31. The highest BCUT2D eigenvalue weighted by atomic mass is 19.1. The zero-order chi connectivity index (χ0) is 20.8. The molecule has 2 atom stereocenters. The topological polar surface area (TPSA) is 115 Å². The van der Waals surface area contributed by atoms with Gasteiger partial charge < -0.3 is 5.32 Å². The van der Waals surface area contributed by atoms with Crippen molar-refractivity contribution in [1.82, 2.24) is 20.5 Å². The predicted molar refractivity (Wildman–Crippen MR) is 101 cm³/mol. The van der Waals surface area contributed by atoms with Crippen molar-refractivity contribution in [3.05, 3.63) is 24.1 Å². The molecule has 3 rings (SSSR count). The molecule has 0 aromatic carbocycles. The number of pyridine rings is 1. The molecule has 0 bridgehead atoms. The quantitative estimate of drug-likeness (QED) is 0.340.